The van der Waals surface area contributed by atoms with Gasteiger partial charge in [0.15, 0.2) is 10.5 Å². The van der Waals surface area contributed by atoms with Gasteiger partial charge >= 0.3 is 5.91 Å². The second-order valence-electron chi connectivity index (χ2n) is 3.17. The van der Waals surface area contributed by atoms with Crippen molar-refractivity contribution in [1.82, 2.24) is 10.2 Å². The topological polar surface area (TPSA) is 81.8 Å². The van der Waals surface area contributed by atoms with Crippen molar-refractivity contribution in [2.45, 2.75) is 11.3 Å². The zero-order valence-electron chi connectivity index (χ0n) is 9.49. The summed E-state index contributed by atoms with van der Waals surface area (Å²) in [5.41, 5.74) is 0.0254. The number of pyridine rings is 1. The SMILES string of the molecule is CCSc1nnc(NC(=O)c2cccc[n+]2[O-])s1. The van der Waals surface area contributed by atoms with Crippen LogP contribution in [0.2, 0.25) is 0 Å². The van der Waals surface area contributed by atoms with Gasteiger partial charge in [0, 0.05) is 12.1 Å². The normalized spacial score (nSPS) is 10.3. The van der Waals surface area contributed by atoms with Crippen molar-refractivity contribution >= 4 is 34.1 Å². The minimum absolute atomic E-state index is 0.0254. The van der Waals surface area contributed by atoms with Crippen molar-refractivity contribution in [3.63, 3.8) is 0 Å². The smallest absolute Gasteiger partial charge is 0.323 e. The first-order valence-electron chi connectivity index (χ1n) is 5.16. The molecule has 2 rings (SSSR count). The van der Waals surface area contributed by atoms with E-state index in [1.165, 1.54) is 23.6 Å². The molecule has 1 amide bonds. The fourth-order valence-electron chi connectivity index (χ4n) is 1.21. The van der Waals surface area contributed by atoms with Crippen LogP contribution in [0.15, 0.2) is 28.7 Å². The third-order valence-electron chi connectivity index (χ3n) is 1.95. The standard InChI is InChI=1S/C10H10N4O2S2/c1-2-17-10-13-12-9(18-10)11-8(15)7-5-3-4-6-14(7)16/h3-6H,2H2,1H3,(H,11,12,15). The van der Waals surface area contributed by atoms with E-state index < -0.39 is 5.91 Å². The molecule has 18 heavy (non-hydrogen) atoms. The number of nitrogens with zero attached hydrogens (tertiary/aromatic N) is 3. The number of hydrogen-bond donors (Lipinski definition) is 1. The number of amides is 1. The van der Waals surface area contributed by atoms with Gasteiger partial charge in [0.2, 0.25) is 5.13 Å². The van der Waals surface area contributed by atoms with Crippen LogP contribution in [0.3, 0.4) is 0 Å². The van der Waals surface area contributed by atoms with E-state index in [2.05, 4.69) is 15.5 Å². The summed E-state index contributed by atoms with van der Waals surface area (Å²) in [6, 6.07) is 4.64. The molecule has 0 spiro atoms. The molecular weight excluding hydrogens is 272 g/mol. The predicted octanol–water partition coefficient (Wildman–Crippen LogP) is 1.54. The molecule has 6 nitrogen and oxygen atoms in total. The first-order valence-corrected chi connectivity index (χ1v) is 6.96. The Labute approximate surface area is 112 Å². The molecule has 0 aliphatic heterocycles. The van der Waals surface area contributed by atoms with E-state index in [-0.39, 0.29) is 5.69 Å². The summed E-state index contributed by atoms with van der Waals surface area (Å²) in [5, 5.41) is 22.1. The minimum Gasteiger partial charge on any atom is -0.618 e. The van der Waals surface area contributed by atoms with E-state index in [1.807, 2.05) is 6.92 Å². The molecule has 2 aromatic heterocycles. The van der Waals surface area contributed by atoms with Gasteiger partial charge in [-0.3, -0.25) is 10.1 Å². The first-order chi connectivity index (χ1) is 8.70. The third-order valence-corrected chi connectivity index (χ3v) is 3.81. The Morgan fingerprint density at radius 2 is 2.39 bits per heavy atom. The summed E-state index contributed by atoms with van der Waals surface area (Å²) in [4.78, 5) is 11.8. The minimum atomic E-state index is -0.491. The van der Waals surface area contributed by atoms with Crippen LogP contribution in [0, 0.1) is 5.21 Å². The van der Waals surface area contributed by atoms with Gasteiger partial charge in [-0.2, -0.15) is 4.73 Å². The third kappa shape index (κ3) is 2.96. The van der Waals surface area contributed by atoms with Crippen LogP contribution in [0.1, 0.15) is 17.4 Å². The van der Waals surface area contributed by atoms with E-state index in [9.17, 15) is 10.0 Å². The van der Waals surface area contributed by atoms with Crippen molar-refractivity contribution in [1.29, 1.82) is 0 Å². The molecule has 94 valence electrons. The highest BCUT2D eigenvalue weighted by atomic mass is 32.2. The van der Waals surface area contributed by atoms with Crippen LogP contribution in [0.5, 0.6) is 0 Å². The van der Waals surface area contributed by atoms with Crippen molar-refractivity contribution in [3.05, 3.63) is 35.3 Å². The Hall–Kier alpha value is -1.67. The van der Waals surface area contributed by atoms with Crippen LogP contribution in [-0.4, -0.2) is 21.9 Å². The summed E-state index contributed by atoms with van der Waals surface area (Å²) < 4.78 is 1.30. The largest absolute Gasteiger partial charge is 0.618 e. The second kappa shape index (κ2) is 5.78. The van der Waals surface area contributed by atoms with Gasteiger partial charge in [0.05, 0.1) is 0 Å². The van der Waals surface area contributed by atoms with Crippen LogP contribution in [-0.2, 0) is 0 Å². The van der Waals surface area contributed by atoms with Gasteiger partial charge in [-0.05, 0) is 11.8 Å². The average Bonchev–Trinajstić information content (AvgIpc) is 2.77. The lowest BCUT2D eigenvalue weighted by Crippen LogP contribution is -2.36. The van der Waals surface area contributed by atoms with Crippen LogP contribution < -0.4 is 10.0 Å². The average molecular weight is 282 g/mol. The fraction of sp³-hybridized carbons (Fsp3) is 0.200. The van der Waals surface area contributed by atoms with Crippen LogP contribution in [0.4, 0.5) is 5.13 Å². The molecule has 2 heterocycles. The highest BCUT2D eigenvalue weighted by Crippen LogP contribution is 2.25. The highest BCUT2D eigenvalue weighted by molar-refractivity contribution is 8.01. The predicted molar refractivity (Wildman–Crippen MR) is 69.7 cm³/mol. The molecule has 8 heteroatoms. The number of thioether (sulfide) groups is 1. The Morgan fingerprint density at radius 3 is 3.11 bits per heavy atom. The fourth-order valence-corrected chi connectivity index (χ4v) is 2.85. The van der Waals surface area contributed by atoms with Gasteiger partial charge < -0.3 is 5.21 Å². The molecule has 0 saturated heterocycles. The highest BCUT2D eigenvalue weighted by Gasteiger charge is 2.17. The Balaban J connectivity index is 2.09. The van der Waals surface area contributed by atoms with Crippen LogP contribution in [0.25, 0.3) is 0 Å². The molecule has 0 aliphatic carbocycles. The van der Waals surface area contributed by atoms with Crippen molar-refractivity contribution < 1.29 is 9.52 Å². The molecule has 0 atom stereocenters. The molecule has 1 N–H and O–H groups in total. The van der Waals surface area contributed by atoms with Gasteiger partial charge in [-0.15, -0.1) is 10.2 Å². The zero-order valence-corrected chi connectivity index (χ0v) is 11.1. The van der Waals surface area contributed by atoms with Crippen LogP contribution >= 0.6 is 23.1 Å². The summed E-state index contributed by atoms with van der Waals surface area (Å²) in [7, 11) is 0. The van der Waals surface area contributed by atoms with Crippen molar-refractivity contribution in [3.8, 4) is 0 Å². The molecular formula is C10H10N4O2S2. The maximum Gasteiger partial charge on any atom is 0.323 e. The molecule has 0 aromatic carbocycles. The molecule has 2 aromatic rings. The number of nitrogens with one attached hydrogen (secondary N) is 1. The summed E-state index contributed by atoms with van der Waals surface area (Å²) in [6.07, 6.45) is 1.27. The number of rotatable bonds is 4. The lowest BCUT2D eigenvalue weighted by Gasteiger charge is -2.02. The second-order valence-corrected chi connectivity index (χ2v) is 5.66. The van der Waals surface area contributed by atoms with Gasteiger partial charge in [-0.1, -0.05) is 30.0 Å². The van der Waals surface area contributed by atoms with E-state index >= 15 is 0 Å². The molecule has 0 aliphatic rings. The quantitative estimate of drug-likeness (QED) is 0.398. The van der Waals surface area contributed by atoms with Crippen molar-refractivity contribution in [2.75, 3.05) is 11.1 Å². The van der Waals surface area contributed by atoms with E-state index in [4.69, 9.17) is 0 Å². The molecule has 0 unspecified atom stereocenters. The maximum atomic E-state index is 11.8. The first kappa shape index (κ1) is 12.8. The summed E-state index contributed by atoms with van der Waals surface area (Å²) >= 11 is 2.83. The van der Waals surface area contributed by atoms with E-state index in [1.54, 1.807) is 23.9 Å². The summed E-state index contributed by atoms with van der Waals surface area (Å²) in [5.74, 6) is 0.400. The zero-order chi connectivity index (χ0) is 13.0. The van der Waals surface area contributed by atoms with E-state index in [0.717, 1.165) is 10.1 Å². The number of carbonyl (C=O) groups excluding carboxylic acids is 1. The van der Waals surface area contributed by atoms with Gasteiger partial charge in [-0.25, -0.2) is 0 Å². The maximum absolute atomic E-state index is 11.8. The van der Waals surface area contributed by atoms with Gasteiger partial charge in [0.1, 0.15) is 0 Å². The Kier molecular flexibility index (Phi) is 4.11. The monoisotopic (exact) mass is 282 g/mol. The lowest BCUT2D eigenvalue weighted by molar-refractivity contribution is -0.607. The molecule has 0 saturated carbocycles. The molecule has 0 radical (unpaired) electrons. The number of aromatic nitrogens is 3. The lowest BCUT2D eigenvalue weighted by atomic mass is 10.3. The number of anilines is 1. The van der Waals surface area contributed by atoms with E-state index in [0.29, 0.717) is 9.86 Å². The Morgan fingerprint density at radius 1 is 1.56 bits per heavy atom. The van der Waals surface area contributed by atoms with Crippen molar-refractivity contribution in [2.24, 2.45) is 0 Å². The number of hydrogen-bond acceptors (Lipinski definition) is 6. The summed E-state index contributed by atoms with van der Waals surface area (Å²) in [6.45, 7) is 2.01. The van der Waals surface area contributed by atoms with Gasteiger partial charge in [0.25, 0.3) is 5.69 Å². The number of carbonyl (C=O) groups is 1. The molecule has 0 fully saturated rings. The Bertz CT molecular complexity index is 558. The molecule has 0 bridgehead atoms.